The quantitative estimate of drug-likeness (QED) is 0.833. The largest absolute Gasteiger partial charge is 0.493 e. The second-order valence-electron chi connectivity index (χ2n) is 8.69. The maximum atomic E-state index is 12.6. The maximum absolute atomic E-state index is 12.6. The summed E-state index contributed by atoms with van der Waals surface area (Å²) < 4.78 is 7.06. The van der Waals surface area contributed by atoms with Crippen molar-refractivity contribution in [1.82, 2.24) is 14.3 Å². The molecule has 1 atom stereocenters. The van der Waals surface area contributed by atoms with Gasteiger partial charge in [0.15, 0.2) is 0 Å². The average Bonchev–Trinajstić information content (AvgIpc) is 3.32. The lowest BCUT2D eigenvalue weighted by Gasteiger charge is -2.40. The molecule has 0 radical (unpaired) electrons. The van der Waals surface area contributed by atoms with Crippen LogP contribution in [0.25, 0.3) is 5.65 Å². The summed E-state index contributed by atoms with van der Waals surface area (Å²) in [5.41, 5.74) is 0.579. The van der Waals surface area contributed by atoms with Gasteiger partial charge in [-0.3, -0.25) is 9.20 Å². The minimum atomic E-state index is -0.498. The second-order valence-corrected chi connectivity index (χ2v) is 8.69. The third-order valence-electron chi connectivity index (χ3n) is 5.48. The molecule has 2 aromatic rings. The Kier molecular flexibility index (Phi) is 3.94. The van der Waals surface area contributed by atoms with Gasteiger partial charge in [0.05, 0.1) is 6.07 Å². The van der Waals surface area contributed by atoms with Crippen LogP contribution in [0.4, 0.5) is 4.79 Å². The van der Waals surface area contributed by atoms with E-state index in [1.54, 1.807) is 6.07 Å². The first-order valence-electron chi connectivity index (χ1n) is 9.40. The zero-order chi connectivity index (χ0) is 19.4. The number of rotatable bonds is 1. The van der Waals surface area contributed by atoms with Crippen LogP contribution >= 0.6 is 0 Å². The van der Waals surface area contributed by atoms with E-state index in [0.29, 0.717) is 12.2 Å². The number of ether oxygens (including phenoxy) is 1. The van der Waals surface area contributed by atoms with Gasteiger partial charge in [-0.1, -0.05) is 6.07 Å². The fourth-order valence-corrected chi connectivity index (χ4v) is 4.05. The van der Waals surface area contributed by atoms with E-state index >= 15 is 0 Å². The number of likely N-dealkylation sites (tertiary alicyclic amines) is 1. The number of hydrogen-bond acceptors (Lipinski definition) is 5. The van der Waals surface area contributed by atoms with Crippen LogP contribution in [0.15, 0.2) is 29.2 Å². The maximum Gasteiger partial charge on any atom is 0.410 e. The van der Waals surface area contributed by atoms with Crippen LogP contribution in [-0.2, 0) is 4.74 Å². The average molecular weight is 371 g/mol. The van der Waals surface area contributed by atoms with Gasteiger partial charge < -0.3 is 14.7 Å². The van der Waals surface area contributed by atoms with E-state index in [-0.39, 0.29) is 29.0 Å². The molecule has 7 heteroatoms. The third-order valence-corrected chi connectivity index (χ3v) is 5.48. The van der Waals surface area contributed by atoms with Gasteiger partial charge in [-0.15, -0.1) is 0 Å². The standard InChI is InChI=1S/C20H25N3O4/c1-19(2,3)27-18(26)23-9-6-13(11-20(23)7-8-20)14-4-5-15-21-16(24)10-17(25)22(15)12-14/h4-5,10,12-13,24H,6-9,11H2,1-3H3/t13-/m1/s1. The molecule has 1 saturated carbocycles. The van der Waals surface area contributed by atoms with Crippen molar-refractivity contribution in [2.45, 2.75) is 63.5 Å². The van der Waals surface area contributed by atoms with Crippen LogP contribution in [0.2, 0.25) is 0 Å². The molecule has 2 fully saturated rings. The van der Waals surface area contributed by atoms with Crippen LogP contribution in [0.3, 0.4) is 0 Å². The van der Waals surface area contributed by atoms with E-state index in [0.717, 1.165) is 37.3 Å². The zero-order valence-electron chi connectivity index (χ0n) is 15.9. The Balaban J connectivity index is 1.57. The van der Waals surface area contributed by atoms with Gasteiger partial charge in [-0.05, 0) is 64.0 Å². The number of pyridine rings is 1. The molecule has 2 aromatic heterocycles. The van der Waals surface area contributed by atoms with E-state index < -0.39 is 5.60 Å². The number of piperidine rings is 1. The normalized spacial score (nSPS) is 21.4. The number of hydrogen-bond donors (Lipinski definition) is 1. The lowest BCUT2D eigenvalue weighted by Crippen LogP contribution is -2.49. The molecule has 1 aliphatic heterocycles. The molecule has 1 saturated heterocycles. The van der Waals surface area contributed by atoms with E-state index in [1.165, 1.54) is 4.40 Å². The lowest BCUT2D eigenvalue weighted by molar-refractivity contribution is 0.00371. The fraction of sp³-hybridized carbons (Fsp3) is 0.550. The summed E-state index contributed by atoms with van der Waals surface area (Å²) in [5, 5.41) is 9.49. The molecule has 1 spiro atoms. The monoisotopic (exact) mass is 371 g/mol. The van der Waals surface area contributed by atoms with E-state index in [1.807, 2.05) is 37.9 Å². The molecule has 27 heavy (non-hydrogen) atoms. The van der Waals surface area contributed by atoms with E-state index in [4.69, 9.17) is 4.74 Å². The highest BCUT2D eigenvalue weighted by molar-refractivity contribution is 5.70. The Labute approximate surface area is 157 Å². The molecule has 144 valence electrons. The summed E-state index contributed by atoms with van der Waals surface area (Å²) >= 11 is 0. The van der Waals surface area contributed by atoms with Crippen molar-refractivity contribution in [3.63, 3.8) is 0 Å². The van der Waals surface area contributed by atoms with Crippen LogP contribution in [-0.4, -0.2) is 43.2 Å². The molecular formula is C20H25N3O4. The van der Waals surface area contributed by atoms with Crippen molar-refractivity contribution in [1.29, 1.82) is 0 Å². The molecule has 1 N–H and O–H groups in total. The lowest BCUT2D eigenvalue weighted by atomic mass is 9.84. The van der Waals surface area contributed by atoms with Crippen molar-refractivity contribution >= 4 is 11.7 Å². The number of amides is 1. The van der Waals surface area contributed by atoms with Crippen molar-refractivity contribution in [3.05, 3.63) is 40.3 Å². The number of aromatic hydroxyl groups is 1. The number of fused-ring (bicyclic) bond motifs is 1. The van der Waals surface area contributed by atoms with Gasteiger partial charge in [-0.2, -0.15) is 4.98 Å². The van der Waals surface area contributed by atoms with Crippen LogP contribution in [0.1, 0.15) is 57.9 Å². The Hall–Kier alpha value is -2.57. The molecule has 2 aliphatic rings. The highest BCUT2D eigenvalue weighted by Gasteiger charge is 2.54. The van der Waals surface area contributed by atoms with Crippen LogP contribution in [0.5, 0.6) is 5.88 Å². The molecule has 0 aromatic carbocycles. The molecule has 4 rings (SSSR count). The summed E-state index contributed by atoms with van der Waals surface area (Å²) in [6.07, 6.45) is 5.27. The van der Waals surface area contributed by atoms with Gasteiger partial charge in [0, 0.05) is 18.3 Å². The smallest absolute Gasteiger partial charge is 0.410 e. The predicted molar refractivity (Wildman–Crippen MR) is 100 cm³/mol. The first kappa shape index (κ1) is 17.8. The number of nitrogens with zero attached hydrogens (tertiary/aromatic N) is 3. The highest BCUT2D eigenvalue weighted by atomic mass is 16.6. The van der Waals surface area contributed by atoms with Crippen molar-refractivity contribution in [3.8, 4) is 5.88 Å². The fourth-order valence-electron chi connectivity index (χ4n) is 4.05. The number of aromatic nitrogens is 2. The predicted octanol–water partition coefficient (Wildman–Crippen LogP) is 3.05. The first-order valence-corrected chi connectivity index (χ1v) is 9.40. The summed E-state index contributed by atoms with van der Waals surface area (Å²) in [6, 6.07) is 4.84. The molecule has 0 bridgehead atoms. The van der Waals surface area contributed by atoms with Gasteiger partial charge in [0.25, 0.3) is 5.56 Å². The molecule has 1 amide bonds. The Morgan fingerprint density at radius 1 is 1.33 bits per heavy atom. The third kappa shape index (κ3) is 3.38. The van der Waals surface area contributed by atoms with Gasteiger partial charge >= 0.3 is 6.09 Å². The van der Waals surface area contributed by atoms with Crippen molar-refractivity contribution in [2.75, 3.05) is 6.54 Å². The molecule has 0 unspecified atom stereocenters. The molecule has 1 aliphatic carbocycles. The molecular weight excluding hydrogens is 346 g/mol. The zero-order valence-corrected chi connectivity index (χ0v) is 15.9. The molecule has 3 heterocycles. The highest BCUT2D eigenvalue weighted by Crippen LogP contribution is 2.52. The minimum absolute atomic E-state index is 0.113. The summed E-state index contributed by atoms with van der Waals surface area (Å²) in [7, 11) is 0. The van der Waals surface area contributed by atoms with Crippen molar-refractivity contribution < 1.29 is 14.6 Å². The van der Waals surface area contributed by atoms with Crippen LogP contribution < -0.4 is 5.56 Å². The van der Waals surface area contributed by atoms with Gasteiger partial charge in [0.1, 0.15) is 11.2 Å². The van der Waals surface area contributed by atoms with Crippen molar-refractivity contribution in [2.24, 2.45) is 0 Å². The molecule has 7 nitrogen and oxygen atoms in total. The SMILES string of the molecule is CC(C)(C)OC(=O)N1CC[C@@H](c2ccc3nc(O)cc(=O)n3c2)CC12CC2. The summed E-state index contributed by atoms with van der Waals surface area (Å²) in [4.78, 5) is 30.6. The van der Waals surface area contributed by atoms with E-state index in [2.05, 4.69) is 4.98 Å². The summed E-state index contributed by atoms with van der Waals surface area (Å²) in [5.74, 6) is 0.00615. The Morgan fingerprint density at radius 3 is 2.74 bits per heavy atom. The van der Waals surface area contributed by atoms with Gasteiger partial charge in [-0.25, -0.2) is 4.79 Å². The first-order chi connectivity index (χ1) is 12.7. The second kappa shape index (κ2) is 5.97. The Bertz CT molecular complexity index is 956. The number of carbonyl (C=O) groups excluding carboxylic acids is 1. The number of carbonyl (C=O) groups is 1. The Morgan fingerprint density at radius 2 is 2.07 bits per heavy atom. The topological polar surface area (TPSA) is 84.1 Å². The van der Waals surface area contributed by atoms with Crippen LogP contribution in [0, 0.1) is 0 Å². The van der Waals surface area contributed by atoms with Gasteiger partial charge in [0.2, 0.25) is 5.88 Å². The van der Waals surface area contributed by atoms with E-state index in [9.17, 15) is 14.7 Å². The summed E-state index contributed by atoms with van der Waals surface area (Å²) in [6.45, 7) is 6.31. The minimum Gasteiger partial charge on any atom is -0.493 e.